The molecule has 16 heavy (non-hydrogen) atoms. The van der Waals surface area contributed by atoms with Gasteiger partial charge < -0.3 is 11.0 Å². The Bertz CT molecular complexity index is 527. The summed E-state index contributed by atoms with van der Waals surface area (Å²) in [6, 6.07) is 17.1. The number of thiophene rings is 1. The van der Waals surface area contributed by atoms with E-state index in [-0.39, 0.29) is 32.7 Å². The molecule has 0 amide bonds. The van der Waals surface area contributed by atoms with Crippen molar-refractivity contribution in [3.8, 4) is 0 Å². The van der Waals surface area contributed by atoms with Gasteiger partial charge in [-0.15, -0.1) is 11.3 Å². The molecule has 0 saturated heterocycles. The predicted molar refractivity (Wildman–Crippen MR) is 60.7 cm³/mol. The zero-order valence-electron chi connectivity index (χ0n) is 8.34. The fourth-order valence-electron chi connectivity index (χ4n) is 1.67. The van der Waals surface area contributed by atoms with Crippen LogP contribution in [-0.4, -0.2) is 0 Å². The molecule has 0 N–H and O–H groups in total. The summed E-state index contributed by atoms with van der Waals surface area (Å²) < 4.78 is 2.76. The molecule has 1 aromatic heterocycles. The average molecular weight is 264 g/mol. The van der Waals surface area contributed by atoms with E-state index in [4.69, 9.17) is 0 Å². The first-order valence-electron chi connectivity index (χ1n) is 4.31. The summed E-state index contributed by atoms with van der Waals surface area (Å²) >= 11 is 1.86. The standard InChI is InChI=1S/C12H8S.2O.Ti/c1-3-7-11-9(5-1)10-6-2-4-8-12(10)13-11;;;/h1-8H;;;/q;2*-2;+4. The number of benzene rings is 2. The normalized spacial score (nSPS) is 9.00. The molecule has 3 aromatic rings. The molecule has 0 unspecified atom stereocenters. The maximum atomic E-state index is 2.19. The van der Waals surface area contributed by atoms with Gasteiger partial charge in [-0.1, -0.05) is 36.4 Å². The third-order valence-electron chi connectivity index (χ3n) is 2.28. The van der Waals surface area contributed by atoms with Crippen molar-refractivity contribution in [1.29, 1.82) is 0 Å². The Morgan fingerprint density at radius 2 is 1.00 bits per heavy atom. The van der Waals surface area contributed by atoms with Crippen LogP contribution in [0.5, 0.6) is 0 Å². The molecule has 0 radical (unpaired) electrons. The van der Waals surface area contributed by atoms with Crippen LogP contribution in [0.25, 0.3) is 20.2 Å². The van der Waals surface area contributed by atoms with Crippen LogP contribution >= 0.6 is 11.3 Å². The van der Waals surface area contributed by atoms with E-state index in [9.17, 15) is 0 Å². The molecule has 0 aliphatic carbocycles. The molecule has 0 aliphatic rings. The van der Waals surface area contributed by atoms with Crippen molar-refractivity contribution >= 4 is 31.5 Å². The third-order valence-corrected chi connectivity index (χ3v) is 3.44. The quantitative estimate of drug-likeness (QED) is 0.554. The van der Waals surface area contributed by atoms with Crippen molar-refractivity contribution in [3.63, 3.8) is 0 Å². The molecule has 2 nitrogen and oxygen atoms in total. The zero-order chi connectivity index (χ0) is 8.67. The Labute approximate surface area is 112 Å². The van der Waals surface area contributed by atoms with Crippen LogP contribution in [0.3, 0.4) is 0 Å². The van der Waals surface area contributed by atoms with Gasteiger partial charge in [-0.3, -0.25) is 0 Å². The molecule has 78 valence electrons. The maximum Gasteiger partial charge on any atom is 4.00 e. The number of fused-ring (bicyclic) bond motifs is 3. The van der Waals surface area contributed by atoms with E-state index in [1.54, 1.807) is 0 Å². The molecule has 0 fully saturated rings. The van der Waals surface area contributed by atoms with Crippen LogP contribution in [0.4, 0.5) is 0 Å². The van der Waals surface area contributed by atoms with Gasteiger partial charge >= 0.3 is 21.7 Å². The Hall–Kier alpha value is -0.706. The molecule has 3 rings (SSSR count). The second-order valence-corrected chi connectivity index (χ2v) is 4.18. The monoisotopic (exact) mass is 264 g/mol. The molecule has 4 heteroatoms. The first kappa shape index (κ1) is 15.3. The smallest absolute Gasteiger partial charge is 2.00 e. The van der Waals surface area contributed by atoms with Crippen LogP contribution in [0.1, 0.15) is 0 Å². The van der Waals surface area contributed by atoms with E-state index in [0.29, 0.717) is 0 Å². The van der Waals surface area contributed by atoms with E-state index in [2.05, 4.69) is 48.5 Å². The van der Waals surface area contributed by atoms with E-state index in [1.807, 2.05) is 11.3 Å². The fraction of sp³-hybridized carbons (Fsp3) is 0. The predicted octanol–water partition coefficient (Wildman–Crippen LogP) is 3.81. The maximum absolute atomic E-state index is 2.19. The molecular weight excluding hydrogens is 256 g/mol. The Kier molecular flexibility index (Phi) is 5.86. The summed E-state index contributed by atoms with van der Waals surface area (Å²) in [5.41, 5.74) is 0. The minimum absolute atomic E-state index is 0. The van der Waals surface area contributed by atoms with E-state index >= 15 is 0 Å². The zero-order valence-corrected chi connectivity index (χ0v) is 10.7. The number of rotatable bonds is 0. The van der Waals surface area contributed by atoms with Gasteiger partial charge in [0.25, 0.3) is 0 Å². The Balaban J connectivity index is 0.000000750. The van der Waals surface area contributed by atoms with Gasteiger partial charge in [-0.2, -0.15) is 0 Å². The van der Waals surface area contributed by atoms with Gasteiger partial charge in [0.1, 0.15) is 0 Å². The number of hydrogen-bond donors (Lipinski definition) is 0. The molecule has 0 aliphatic heterocycles. The SMILES string of the molecule is [O-2].[O-2].[Ti+4].c1ccc2c(c1)sc1ccccc12. The van der Waals surface area contributed by atoms with Crippen LogP contribution in [-0.2, 0) is 32.7 Å². The van der Waals surface area contributed by atoms with Gasteiger partial charge in [-0.25, -0.2) is 0 Å². The van der Waals surface area contributed by atoms with Crippen molar-refractivity contribution in [3.05, 3.63) is 48.5 Å². The molecule has 0 saturated carbocycles. The minimum atomic E-state index is 0. The second kappa shape index (κ2) is 6.13. The molecular formula is C12H8O2STi. The summed E-state index contributed by atoms with van der Waals surface area (Å²) in [6.45, 7) is 0. The van der Waals surface area contributed by atoms with Crippen molar-refractivity contribution in [1.82, 2.24) is 0 Å². The van der Waals surface area contributed by atoms with Crippen LogP contribution in [0, 0.1) is 0 Å². The van der Waals surface area contributed by atoms with E-state index in [0.717, 1.165) is 0 Å². The third kappa shape index (κ3) is 2.34. The Morgan fingerprint density at radius 1 is 0.625 bits per heavy atom. The number of hydrogen-bond acceptors (Lipinski definition) is 1. The molecule has 1 heterocycles. The average Bonchev–Trinajstić information content (AvgIpc) is 2.56. The molecule has 0 atom stereocenters. The Morgan fingerprint density at radius 3 is 1.44 bits per heavy atom. The molecule has 0 spiro atoms. The summed E-state index contributed by atoms with van der Waals surface area (Å²) in [7, 11) is 0. The van der Waals surface area contributed by atoms with Gasteiger partial charge in [0, 0.05) is 20.2 Å². The van der Waals surface area contributed by atoms with Crippen LogP contribution in [0.2, 0.25) is 0 Å². The summed E-state index contributed by atoms with van der Waals surface area (Å²) in [4.78, 5) is 0. The van der Waals surface area contributed by atoms with Gasteiger partial charge in [0.05, 0.1) is 0 Å². The van der Waals surface area contributed by atoms with E-state index in [1.165, 1.54) is 20.2 Å². The fourth-order valence-corrected chi connectivity index (χ4v) is 2.78. The topological polar surface area (TPSA) is 57.0 Å². The van der Waals surface area contributed by atoms with Crippen LogP contribution in [0.15, 0.2) is 48.5 Å². The van der Waals surface area contributed by atoms with Crippen molar-refractivity contribution in [2.45, 2.75) is 0 Å². The summed E-state index contributed by atoms with van der Waals surface area (Å²) in [5, 5.41) is 2.76. The molecule has 0 bridgehead atoms. The first-order chi connectivity index (χ1) is 6.45. The van der Waals surface area contributed by atoms with Gasteiger partial charge in [-0.05, 0) is 12.1 Å². The largest absolute Gasteiger partial charge is 4.00 e. The van der Waals surface area contributed by atoms with Crippen molar-refractivity contribution < 1.29 is 32.7 Å². The van der Waals surface area contributed by atoms with Gasteiger partial charge in [0.15, 0.2) is 0 Å². The van der Waals surface area contributed by atoms with Crippen molar-refractivity contribution in [2.75, 3.05) is 0 Å². The second-order valence-electron chi connectivity index (χ2n) is 3.09. The first-order valence-corrected chi connectivity index (χ1v) is 5.13. The van der Waals surface area contributed by atoms with Crippen molar-refractivity contribution in [2.24, 2.45) is 0 Å². The van der Waals surface area contributed by atoms with Gasteiger partial charge in [0.2, 0.25) is 0 Å². The van der Waals surface area contributed by atoms with E-state index < -0.39 is 0 Å². The summed E-state index contributed by atoms with van der Waals surface area (Å²) in [6.07, 6.45) is 0. The minimum Gasteiger partial charge on any atom is -2.00 e. The van der Waals surface area contributed by atoms with Crippen LogP contribution < -0.4 is 0 Å². The summed E-state index contributed by atoms with van der Waals surface area (Å²) in [5.74, 6) is 0. The molecule has 2 aromatic carbocycles.